The minimum absolute atomic E-state index is 0.164. The first-order chi connectivity index (χ1) is 13.5. The monoisotopic (exact) mass is 399 g/mol. The van der Waals surface area contributed by atoms with Gasteiger partial charge in [-0.05, 0) is 55.9 Å². The van der Waals surface area contributed by atoms with E-state index in [4.69, 9.17) is 4.74 Å². The van der Waals surface area contributed by atoms with E-state index < -0.39 is 0 Å². The van der Waals surface area contributed by atoms with Crippen molar-refractivity contribution in [2.75, 3.05) is 25.5 Å². The Hall–Kier alpha value is -2.41. The number of hydrogen-bond acceptors (Lipinski definition) is 5. The molecule has 2 aromatic rings. The molecule has 2 atom stereocenters. The van der Waals surface area contributed by atoms with E-state index in [-0.39, 0.29) is 17.7 Å². The molecule has 0 saturated carbocycles. The van der Waals surface area contributed by atoms with E-state index in [1.807, 2.05) is 4.90 Å². The van der Waals surface area contributed by atoms with Crippen molar-refractivity contribution in [2.24, 2.45) is 5.92 Å². The Morgan fingerprint density at radius 1 is 1.25 bits per heavy atom. The normalized spacial score (nSPS) is 21.3. The molecule has 2 amide bonds. The fraction of sp³-hybridized carbons (Fsp3) is 0.476. The second-order valence-corrected chi connectivity index (χ2v) is 8.72. The van der Waals surface area contributed by atoms with Crippen molar-refractivity contribution in [1.82, 2.24) is 9.88 Å². The van der Waals surface area contributed by atoms with Crippen LogP contribution in [0.2, 0.25) is 0 Å². The van der Waals surface area contributed by atoms with Crippen molar-refractivity contribution < 1.29 is 14.3 Å². The minimum atomic E-state index is -0.206. The lowest BCUT2D eigenvalue weighted by Gasteiger charge is -2.32. The van der Waals surface area contributed by atoms with Crippen LogP contribution in [-0.2, 0) is 11.2 Å². The number of aromatic nitrogens is 1. The number of nitrogens with zero attached hydrogens (tertiary/aromatic N) is 2. The third kappa shape index (κ3) is 3.76. The summed E-state index contributed by atoms with van der Waals surface area (Å²) in [4.78, 5) is 33.2. The number of amides is 2. The highest BCUT2D eigenvalue weighted by Gasteiger charge is 2.36. The molecule has 1 saturated heterocycles. The van der Waals surface area contributed by atoms with E-state index in [1.165, 1.54) is 17.8 Å². The third-order valence-corrected chi connectivity index (χ3v) is 6.60. The zero-order valence-electron chi connectivity index (χ0n) is 16.2. The van der Waals surface area contributed by atoms with Gasteiger partial charge in [-0.1, -0.05) is 6.92 Å². The summed E-state index contributed by atoms with van der Waals surface area (Å²) in [5.41, 5.74) is 1.41. The van der Waals surface area contributed by atoms with E-state index in [2.05, 4.69) is 17.2 Å². The minimum Gasteiger partial charge on any atom is -0.497 e. The van der Waals surface area contributed by atoms with Crippen molar-refractivity contribution >= 4 is 28.3 Å². The number of hydrogen-bond donors (Lipinski definition) is 1. The molecular formula is C21H25N3O3S. The predicted octanol–water partition coefficient (Wildman–Crippen LogP) is 3.69. The fourth-order valence-corrected chi connectivity index (χ4v) is 5.08. The number of piperidine rings is 1. The molecular weight excluding hydrogens is 374 g/mol. The number of carbonyl (C=O) groups excluding carboxylic acids is 2. The number of carbonyl (C=O) groups is 2. The molecule has 2 unspecified atom stereocenters. The summed E-state index contributed by atoms with van der Waals surface area (Å²) >= 11 is 1.48. The molecule has 148 valence electrons. The van der Waals surface area contributed by atoms with Crippen LogP contribution in [-0.4, -0.2) is 41.9 Å². The predicted molar refractivity (Wildman–Crippen MR) is 109 cm³/mol. The zero-order valence-corrected chi connectivity index (χ0v) is 17.1. The average Bonchev–Trinajstić information content (AvgIpc) is 3.27. The molecule has 4 rings (SSSR count). The third-order valence-electron chi connectivity index (χ3n) is 5.56. The van der Waals surface area contributed by atoms with Crippen molar-refractivity contribution in [3.05, 3.63) is 40.4 Å². The first-order valence-electron chi connectivity index (χ1n) is 9.79. The van der Waals surface area contributed by atoms with Crippen LogP contribution in [0.4, 0.5) is 5.13 Å². The van der Waals surface area contributed by atoms with E-state index in [9.17, 15) is 9.59 Å². The molecule has 0 spiro atoms. The average molecular weight is 400 g/mol. The molecule has 1 aromatic carbocycles. The largest absolute Gasteiger partial charge is 0.497 e. The molecule has 2 aliphatic rings. The number of likely N-dealkylation sites (tertiary alicyclic amines) is 1. The number of nitrogens with one attached hydrogen (secondary N) is 1. The van der Waals surface area contributed by atoms with Gasteiger partial charge in [0, 0.05) is 23.5 Å². The molecule has 1 aromatic heterocycles. The summed E-state index contributed by atoms with van der Waals surface area (Å²) in [5.74, 6) is 1.10. The smallest absolute Gasteiger partial charge is 0.257 e. The maximum absolute atomic E-state index is 13.0. The standard InChI is InChI=1S/C21H25N3O3S/c1-13-4-3-11-24(12-13)20(26)16-9-10-17-18(16)22-21(28-17)23-19(25)14-5-7-15(27-2)8-6-14/h5-8,13,16H,3-4,9-12H2,1-2H3,(H,22,23,25). The van der Waals surface area contributed by atoms with Gasteiger partial charge in [0.05, 0.1) is 18.7 Å². The highest BCUT2D eigenvalue weighted by atomic mass is 32.1. The molecule has 6 nitrogen and oxygen atoms in total. The number of ether oxygens (including phenoxy) is 1. The Morgan fingerprint density at radius 2 is 2.04 bits per heavy atom. The summed E-state index contributed by atoms with van der Waals surface area (Å²) in [6.45, 7) is 3.89. The number of aryl methyl sites for hydroxylation is 1. The molecule has 1 aliphatic heterocycles. The maximum Gasteiger partial charge on any atom is 0.257 e. The number of benzene rings is 1. The quantitative estimate of drug-likeness (QED) is 0.851. The number of methoxy groups -OCH3 is 1. The van der Waals surface area contributed by atoms with E-state index in [0.717, 1.165) is 42.9 Å². The first kappa shape index (κ1) is 18.9. The maximum atomic E-state index is 13.0. The molecule has 7 heteroatoms. The molecule has 1 aliphatic carbocycles. The van der Waals surface area contributed by atoms with Gasteiger partial charge in [-0.25, -0.2) is 4.98 Å². The summed E-state index contributed by atoms with van der Waals surface area (Å²) in [6.07, 6.45) is 3.94. The highest BCUT2D eigenvalue weighted by Crippen LogP contribution is 2.40. The first-order valence-corrected chi connectivity index (χ1v) is 10.6. The molecule has 2 heterocycles. The summed E-state index contributed by atoms with van der Waals surface area (Å²) in [5, 5.41) is 3.44. The number of anilines is 1. The summed E-state index contributed by atoms with van der Waals surface area (Å²) in [6, 6.07) is 6.95. The van der Waals surface area contributed by atoms with Crippen molar-refractivity contribution in [3.8, 4) is 5.75 Å². The van der Waals surface area contributed by atoms with Crippen molar-refractivity contribution in [3.63, 3.8) is 0 Å². The van der Waals surface area contributed by atoms with Crippen LogP contribution >= 0.6 is 11.3 Å². The fourth-order valence-electron chi connectivity index (χ4n) is 4.04. The van der Waals surface area contributed by atoms with Crippen molar-refractivity contribution in [1.29, 1.82) is 0 Å². The zero-order chi connectivity index (χ0) is 19.7. The van der Waals surface area contributed by atoms with Gasteiger partial charge in [-0.15, -0.1) is 11.3 Å². The van der Waals surface area contributed by atoms with Gasteiger partial charge >= 0.3 is 0 Å². The lowest BCUT2D eigenvalue weighted by molar-refractivity contribution is -0.134. The molecule has 0 bridgehead atoms. The van der Waals surface area contributed by atoms with E-state index in [1.54, 1.807) is 31.4 Å². The van der Waals surface area contributed by atoms with Crippen LogP contribution in [0.5, 0.6) is 5.75 Å². The van der Waals surface area contributed by atoms with Crippen LogP contribution in [0, 0.1) is 5.92 Å². The van der Waals surface area contributed by atoms with Gasteiger partial charge in [0.25, 0.3) is 5.91 Å². The van der Waals surface area contributed by atoms with Crippen LogP contribution < -0.4 is 10.1 Å². The van der Waals surface area contributed by atoms with Gasteiger partial charge in [0.2, 0.25) is 5.91 Å². The molecule has 0 radical (unpaired) electrons. The molecule has 28 heavy (non-hydrogen) atoms. The highest BCUT2D eigenvalue weighted by molar-refractivity contribution is 7.16. The van der Waals surface area contributed by atoms with E-state index in [0.29, 0.717) is 22.4 Å². The molecule has 1 fully saturated rings. The van der Waals surface area contributed by atoms with Gasteiger partial charge in [-0.2, -0.15) is 0 Å². The second-order valence-electron chi connectivity index (χ2n) is 7.63. The Bertz CT molecular complexity index is 878. The lowest BCUT2D eigenvalue weighted by Crippen LogP contribution is -2.41. The SMILES string of the molecule is COc1ccc(C(=O)Nc2nc3c(s2)CCC3C(=O)N2CCCC(C)C2)cc1. The Balaban J connectivity index is 1.45. The summed E-state index contributed by atoms with van der Waals surface area (Å²) < 4.78 is 5.12. The Kier molecular flexibility index (Phi) is 5.35. The lowest BCUT2D eigenvalue weighted by atomic mass is 9.97. The number of thiazole rings is 1. The van der Waals surface area contributed by atoms with Crippen LogP contribution in [0.1, 0.15) is 53.0 Å². The van der Waals surface area contributed by atoms with Gasteiger partial charge in [-0.3, -0.25) is 14.9 Å². The van der Waals surface area contributed by atoms with Gasteiger partial charge < -0.3 is 9.64 Å². The van der Waals surface area contributed by atoms with Crippen LogP contribution in [0.3, 0.4) is 0 Å². The van der Waals surface area contributed by atoms with Crippen LogP contribution in [0.25, 0.3) is 0 Å². The van der Waals surface area contributed by atoms with Gasteiger partial charge in [0.1, 0.15) is 5.75 Å². The molecule has 1 N–H and O–H groups in total. The topological polar surface area (TPSA) is 71.5 Å². The second kappa shape index (κ2) is 7.91. The number of fused-ring (bicyclic) bond motifs is 1. The van der Waals surface area contributed by atoms with Crippen molar-refractivity contribution in [2.45, 2.75) is 38.5 Å². The van der Waals surface area contributed by atoms with E-state index >= 15 is 0 Å². The summed E-state index contributed by atoms with van der Waals surface area (Å²) in [7, 11) is 1.59. The Morgan fingerprint density at radius 3 is 2.75 bits per heavy atom. The number of rotatable bonds is 4. The van der Waals surface area contributed by atoms with Gasteiger partial charge in [0.15, 0.2) is 5.13 Å². The Labute approximate surface area is 168 Å². The van der Waals surface area contributed by atoms with Crippen LogP contribution in [0.15, 0.2) is 24.3 Å².